The number of hydrogen-bond donors (Lipinski definition) is 4. The summed E-state index contributed by atoms with van der Waals surface area (Å²) in [6, 6.07) is 9.97. The van der Waals surface area contributed by atoms with Crippen LogP contribution in [-0.2, 0) is 8.85 Å². The van der Waals surface area contributed by atoms with E-state index in [4.69, 9.17) is 29.8 Å². The number of anilines is 2. The van der Waals surface area contributed by atoms with Gasteiger partial charge >= 0.3 is 0 Å². The normalized spacial score (nSPS) is 12.1. The number of benzene rings is 2. The lowest BCUT2D eigenvalue weighted by Crippen LogP contribution is -2.42. The summed E-state index contributed by atoms with van der Waals surface area (Å²) >= 11 is 0. The Labute approximate surface area is 266 Å². The molecule has 44 heavy (non-hydrogen) atoms. The molecule has 0 heterocycles. The molecule has 0 aromatic heterocycles. The molecule has 248 valence electrons. The van der Waals surface area contributed by atoms with Gasteiger partial charge in [-0.2, -0.15) is 0 Å². The lowest BCUT2D eigenvalue weighted by atomic mass is 10.2. The van der Waals surface area contributed by atoms with E-state index in [1.807, 2.05) is 0 Å². The number of rotatable bonds is 12. The standard InChI is InChI=1S/2C16H28N2O3Si/c2*1-16(2,3)22(5,6)21-10-9-18-15(19)12-7-8-13(17)14(11-12)20-4/h2*7-8,11H,9-10,17H2,1-6H3,(H,18,19). The zero-order valence-electron chi connectivity index (χ0n) is 28.9. The van der Waals surface area contributed by atoms with Gasteiger partial charge in [0.2, 0.25) is 0 Å². The third-order valence-electron chi connectivity index (χ3n) is 8.30. The molecule has 2 aromatic rings. The van der Waals surface area contributed by atoms with E-state index < -0.39 is 16.6 Å². The molecular weight excluding hydrogens is 593 g/mol. The van der Waals surface area contributed by atoms with Crippen LogP contribution in [0, 0.1) is 0 Å². The first-order valence-electron chi connectivity index (χ1n) is 14.9. The van der Waals surface area contributed by atoms with Gasteiger partial charge in [0.1, 0.15) is 11.5 Å². The van der Waals surface area contributed by atoms with E-state index in [-0.39, 0.29) is 21.9 Å². The van der Waals surface area contributed by atoms with E-state index in [1.165, 1.54) is 14.2 Å². The number of carbonyl (C=O) groups excluding carboxylic acids is 2. The first-order valence-corrected chi connectivity index (χ1v) is 20.7. The Kier molecular flexibility index (Phi) is 14.4. The van der Waals surface area contributed by atoms with Crippen LogP contribution in [0.15, 0.2) is 36.4 Å². The van der Waals surface area contributed by atoms with Crippen LogP contribution in [0.4, 0.5) is 11.4 Å². The lowest BCUT2D eigenvalue weighted by molar-refractivity contribution is 0.0938. The molecule has 0 saturated carbocycles. The fourth-order valence-corrected chi connectivity index (χ4v) is 5.37. The van der Waals surface area contributed by atoms with Gasteiger partial charge in [-0.05, 0) is 72.7 Å². The minimum absolute atomic E-state index is 0.155. The molecule has 0 atom stereocenters. The smallest absolute Gasteiger partial charge is 0.251 e. The van der Waals surface area contributed by atoms with Gasteiger partial charge in [0.25, 0.3) is 11.8 Å². The fraction of sp³-hybridized carbons (Fsp3) is 0.562. The van der Waals surface area contributed by atoms with Crippen LogP contribution >= 0.6 is 0 Å². The van der Waals surface area contributed by atoms with E-state index >= 15 is 0 Å². The monoisotopic (exact) mass is 648 g/mol. The van der Waals surface area contributed by atoms with Gasteiger partial charge in [0, 0.05) is 24.2 Å². The van der Waals surface area contributed by atoms with Crippen molar-refractivity contribution in [3.05, 3.63) is 47.5 Å². The average molecular weight is 649 g/mol. The summed E-state index contributed by atoms with van der Waals surface area (Å²) in [5.41, 5.74) is 13.6. The second-order valence-corrected chi connectivity index (χ2v) is 23.3. The molecule has 0 unspecified atom stereocenters. The van der Waals surface area contributed by atoms with Gasteiger partial charge in [-0.1, -0.05) is 41.5 Å². The van der Waals surface area contributed by atoms with Crippen LogP contribution in [0.1, 0.15) is 62.3 Å². The molecule has 0 radical (unpaired) electrons. The van der Waals surface area contributed by atoms with Crippen molar-refractivity contribution in [3.8, 4) is 11.5 Å². The summed E-state index contributed by atoms with van der Waals surface area (Å²) in [6.07, 6.45) is 0. The summed E-state index contributed by atoms with van der Waals surface area (Å²) in [6.45, 7) is 23.9. The molecule has 0 fully saturated rings. The molecule has 0 saturated heterocycles. The van der Waals surface area contributed by atoms with Gasteiger partial charge in [0.05, 0.1) is 38.8 Å². The second-order valence-electron chi connectivity index (χ2n) is 13.6. The number of carbonyl (C=O) groups is 2. The Morgan fingerprint density at radius 3 is 1.25 bits per heavy atom. The van der Waals surface area contributed by atoms with Gasteiger partial charge in [-0.25, -0.2) is 0 Å². The summed E-state index contributed by atoms with van der Waals surface area (Å²) in [7, 11) is -0.476. The highest BCUT2D eigenvalue weighted by Crippen LogP contribution is 2.37. The Hall–Kier alpha value is -3.07. The van der Waals surface area contributed by atoms with Crippen molar-refractivity contribution < 1.29 is 27.9 Å². The molecule has 0 aliphatic carbocycles. The number of hydrogen-bond acceptors (Lipinski definition) is 8. The molecule has 10 nitrogen and oxygen atoms in total. The molecule has 6 N–H and O–H groups in total. The number of amides is 2. The fourth-order valence-electron chi connectivity index (χ4n) is 3.28. The molecule has 12 heteroatoms. The number of nitrogens with one attached hydrogen (secondary N) is 2. The molecule has 0 bridgehead atoms. The molecule has 0 aliphatic heterocycles. The van der Waals surface area contributed by atoms with Crippen molar-refractivity contribution in [3.63, 3.8) is 0 Å². The SMILES string of the molecule is COc1cc(C(=O)NCCO[Si](C)(C)C(C)(C)C)ccc1N.COc1cc(C(=O)NCCO[Si](C)(C)C(C)(C)C)ccc1N. The van der Waals surface area contributed by atoms with E-state index in [1.54, 1.807) is 36.4 Å². The highest BCUT2D eigenvalue weighted by atomic mass is 28.4. The Balaban J connectivity index is 0.000000440. The number of ether oxygens (including phenoxy) is 2. The van der Waals surface area contributed by atoms with Crippen molar-refractivity contribution in [2.24, 2.45) is 0 Å². The number of methoxy groups -OCH3 is 2. The quantitative estimate of drug-likeness (QED) is 0.123. The van der Waals surface area contributed by atoms with Gasteiger partial charge in [-0.3, -0.25) is 9.59 Å². The highest BCUT2D eigenvalue weighted by molar-refractivity contribution is 6.74. The van der Waals surface area contributed by atoms with Crippen LogP contribution in [0.25, 0.3) is 0 Å². The minimum Gasteiger partial charge on any atom is -0.495 e. The van der Waals surface area contributed by atoms with Crippen molar-refractivity contribution in [2.75, 3.05) is 52.0 Å². The van der Waals surface area contributed by atoms with Gasteiger partial charge in [-0.15, -0.1) is 0 Å². The van der Waals surface area contributed by atoms with Crippen LogP contribution in [0.5, 0.6) is 11.5 Å². The predicted octanol–water partition coefficient (Wildman–Crippen LogP) is 6.06. The largest absolute Gasteiger partial charge is 0.495 e. The molecular formula is C32H56N4O6Si2. The van der Waals surface area contributed by atoms with E-state index in [9.17, 15) is 9.59 Å². The van der Waals surface area contributed by atoms with Crippen molar-refractivity contribution in [2.45, 2.75) is 77.8 Å². The summed E-state index contributed by atoms with van der Waals surface area (Å²) in [5.74, 6) is 0.699. The first kappa shape index (κ1) is 39.0. The van der Waals surface area contributed by atoms with Crippen LogP contribution in [-0.4, -0.2) is 69.0 Å². The van der Waals surface area contributed by atoms with Crippen molar-refractivity contribution in [1.82, 2.24) is 10.6 Å². The predicted molar refractivity (Wildman–Crippen MR) is 186 cm³/mol. The van der Waals surface area contributed by atoms with E-state index in [0.717, 1.165) is 0 Å². The average Bonchev–Trinajstić information content (AvgIpc) is 2.92. The van der Waals surface area contributed by atoms with Crippen LogP contribution in [0.3, 0.4) is 0 Å². The maximum atomic E-state index is 12.1. The first-order chi connectivity index (χ1) is 20.2. The van der Waals surface area contributed by atoms with Gasteiger partial charge in [0.15, 0.2) is 16.6 Å². The van der Waals surface area contributed by atoms with Crippen molar-refractivity contribution >= 4 is 39.8 Å². The molecule has 2 amide bonds. The number of nitrogen functional groups attached to an aromatic ring is 2. The summed E-state index contributed by atoms with van der Waals surface area (Å²) in [4.78, 5) is 24.2. The Morgan fingerprint density at radius 2 is 0.977 bits per heavy atom. The third-order valence-corrected chi connectivity index (χ3v) is 17.4. The van der Waals surface area contributed by atoms with Gasteiger partial charge < -0.3 is 40.4 Å². The van der Waals surface area contributed by atoms with E-state index in [0.29, 0.717) is 60.3 Å². The number of nitrogens with two attached hydrogens (primary N) is 2. The zero-order chi connectivity index (χ0) is 33.9. The molecule has 2 aromatic carbocycles. The topological polar surface area (TPSA) is 147 Å². The molecule has 0 spiro atoms. The zero-order valence-corrected chi connectivity index (χ0v) is 30.9. The lowest BCUT2D eigenvalue weighted by Gasteiger charge is -2.36. The summed E-state index contributed by atoms with van der Waals surface area (Å²) in [5, 5.41) is 6.05. The Bertz CT molecular complexity index is 1140. The second kappa shape index (κ2) is 16.3. The van der Waals surface area contributed by atoms with Crippen molar-refractivity contribution in [1.29, 1.82) is 0 Å². The Morgan fingerprint density at radius 1 is 0.659 bits per heavy atom. The molecule has 0 aliphatic rings. The molecule has 2 rings (SSSR count). The highest BCUT2D eigenvalue weighted by Gasteiger charge is 2.37. The third kappa shape index (κ3) is 11.8. The maximum absolute atomic E-state index is 12.1. The minimum atomic E-state index is -1.77. The summed E-state index contributed by atoms with van der Waals surface area (Å²) < 4.78 is 22.3. The van der Waals surface area contributed by atoms with E-state index in [2.05, 4.69) is 78.4 Å². The maximum Gasteiger partial charge on any atom is 0.251 e. The van der Waals surface area contributed by atoms with Crippen LogP contribution in [0.2, 0.25) is 36.3 Å². The van der Waals surface area contributed by atoms with Crippen LogP contribution < -0.4 is 31.6 Å².